The third kappa shape index (κ3) is 4.57. The predicted molar refractivity (Wildman–Crippen MR) is 162 cm³/mol. The molecule has 0 unspecified atom stereocenters. The van der Waals surface area contributed by atoms with Gasteiger partial charge in [0.05, 0.1) is 34.6 Å². The standard InChI is InChI=1S/C33H36N4O4/c1-8-19-15(4)23-12-25-17(6)21(10-3)31(36-25)22(11-29(38)39)32-30(33(40)41)18(7)26(37-32)14-28-20(9-2)16(5)24(35-28)13-27(19)34-23/h8,12-14,17,21,35,37H,1,9-11H2,2-7H3,(H,38,39)(H,40,41)/t17-,21-/m0/s1. The number of nitrogens with zero attached hydrogens (tertiary/aromatic N) is 2. The average molecular weight is 553 g/mol. The number of nitrogens with one attached hydrogen (secondary N) is 2. The fourth-order valence-corrected chi connectivity index (χ4v) is 6.41. The summed E-state index contributed by atoms with van der Waals surface area (Å²) < 4.78 is 0. The quantitative estimate of drug-likeness (QED) is 0.255. The number of fused-ring (bicyclic) bond motifs is 8. The fourth-order valence-electron chi connectivity index (χ4n) is 6.41. The van der Waals surface area contributed by atoms with Gasteiger partial charge in [0.2, 0.25) is 0 Å². The number of aliphatic carboxylic acids is 1. The van der Waals surface area contributed by atoms with Crippen molar-refractivity contribution >= 4 is 45.2 Å². The molecule has 8 bridgehead atoms. The Morgan fingerprint density at radius 1 is 0.951 bits per heavy atom. The SMILES string of the molecule is C=CC1=C(C)c2cc3nc(c(CC(=O)O)c4[nH]c(cc5[nH]c(cc1n2)c(C)c5CC)c(C)c4C(=O)O)[C@@H](CC)[C@@H]3C. The lowest BCUT2D eigenvalue weighted by Gasteiger charge is -2.15. The number of allylic oxidation sites excluding steroid dienone is 3. The molecule has 2 aliphatic rings. The number of carbonyl (C=O) groups is 2. The Labute approximate surface area is 238 Å². The summed E-state index contributed by atoms with van der Waals surface area (Å²) in [5.41, 5.74) is 10.8. The summed E-state index contributed by atoms with van der Waals surface area (Å²) in [5.74, 6) is -2.25. The third-order valence-corrected chi connectivity index (χ3v) is 8.72. The van der Waals surface area contributed by atoms with E-state index in [0.717, 1.165) is 63.2 Å². The van der Waals surface area contributed by atoms with E-state index in [4.69, 9.17) is 9.97 Å². The van der Waals surface area contributed by atoms with Crippen LogP contribution in [0.4, 0.5) is 0 Å². The highest BCUT2D eigenvalue weighted by atomic mass is 16.4. The minimum atomic E-state index is -1.11. The molecule has 0 aromatic carbocycles. The van der Waals surface area contributed by atoms with E-state index >= 15 is 0 Å². The van der Waals surface area contributed by atoms with Gasteiger partial charge < -0.3 is 20.2 Å². The maximum atomic E-state index is 12.6. The molecule has 0 saturated carbocycles. The molecular formula is C33H36N4O4. The average Bonchev–Trinajstić information content (AvgIpc) is 3.59. The molecule has 0 amide bonds. The minimum absolute atomic E-state index is 0.0135. The van der Waals surface area contributed by atoms with Gasteiger partial charge in [0, 0.05) is 45.2 Å². The lowest BCUT2D eigenvalue weighted by Crippen LogP contribution is -2.09. The fraction of sp³-hybridized carbons (Fsp3) is 0.333. The maximum Gasteiger partial charge on any atom is 0.338 e. The number of rotatable bonds is 6. The number of hydrogen-bond donors (Lipinski definition) is 4. The number of aromatic amines is 2. The van der Waals surface area contributed by atoms with Crippen molar-refractivity contribution in [1.29, 1.82) is 0 Å². The van der Waals surface area contributed by atoms with Crippen molar-refractivity contribution in [2.75, 3.05) is 0 Å². The molecule has 2 atom stereocenters. The number of hydrogen-bond acceptors (Lipinski definition) is 4. The normalized spacial score (nSPS) is 16.7. The van der Waals surface area contributed by atoms with E-state index in [-0.39, 0.29) is 23.8 Å². The molecule has 0 saturated heterocycles. The summed E-state index contributed by atoms with van der Waals surface area (Å²) in [6.45, 7) is 16.1. The molecule has 212 valence electrons. The largest absolute Gasteiger partial charge is 0.481 e. The molecule has 0 aliphatic carbocycles. The second-order valence-corrected chi connectivity index (χ2v) is 11.0. The van der Waals surface area contributed by atoms with E-state index in [9.17, 15) is 19.8 Å². The van der Waals surface area contributed by atoms with Gasteiger partial charge in [0.15, 0.2) is 0 Å². The molecule has 0 fully saturated rings. The summed E-state index contributed by atoms with van der Waals surface area (Å²) in [6.07, 6.45) is 2.96. The zero-order valence-corrected chi connectivity index (χ0v) is 24.4. The van der Waals surface area contributed by atoms with Crippen molar-refractivity contribution in [2.24, 2.45) is 0 Å². The van der Waals surface area contributed by atoms with Crippen LogP contribution in [0, 0.1) is 13.8 Å². The Morgan fingerprint density at radius 3 is 2.27 bits per heavy atom. The van der Waals surface area contributed by atoms with Crippen LogP contribution >= 0.6 is 0 Å². The maximum absolute atomic E-state index is 12.6. The lowest BCUT2D eigenvalue weighted by molar-refractivity contribution is -0.136. The molecule has 5 heterocycles. The summed E-state index contributed by atoms with van der Waals surface area (Å²) in [4.78, 5) is 41.6. The smallest absolute Gasteiger partial charge is 0.338 e. The van der Waals surface area contributed by atoms with Crippen LogP contribution in [0.5, 0.6) is 0 Å². The van der Waals surface area contributed by atoms with Crippen molar-refractivity contribution in [3.63, 3.8) is 0 Å². The first-order valence-electron chi connectivity index (χ1n) is 14.1. The van der Waals surface area contributed by atoms with Crippen LogP contribution in [0.25, 0.3) is 33.2 Å². The Bertz CT molecular complexity index is 1820. The molecule has 0 spiro atoms. The lowest BCUT2D eigenvalue weighted by atomic mass is 9.86. The number of carboxylic acids is 2. The molecule has 5 rings (SSSR count). The molecule has 2 aliphatic heterocycles. The van der Waals surface area contributed by atoms with Crippen molar-refractivity contribution in [2.45, 2.75) is 72.6 Å². The number of aromatic nitrogens is 4. The first-order chi connectivity index (χ1) is 19.5. The molecule has 41 heavy (non-hydrogen) atoms. The van der Waals surface area contributed by atoms with Gasteiger partial charge >= 0.3 is 11.9 Å². The van der Waals surface area contributed by atoms with Crippen molar-refractivity contribution in [1.82, 2.24) is 19.9 Å². The minimum Gasteiger partial charge on any atom is -0.481 e. The highest BCUT2D eigenvalue weighted by Gasteiger charge is 2.32. The predicted octanol–water partition coefficient (Wildman–Crippen LogP) is 7.23. The van der Waals surface area contributed by atoms with Crippen molar-refractivity contribution < 1.29 is 19.8 Å². The monoisotopic (exact) mass is 552 g/mol. The highest BCUT2D eigenvalue weighted by Crippen LogP contribution is 2.42. The van der Waals surface area contributed by atoms with Gasteiger partial charge in [-0.3, -0.25) is 9.78 Å². The van der Waals surface area contributed by atoms with E-state index in [0.29, 0.717) is 27.9 Å². The molecule has 4 N–H and O–H groups in total. The summed E-state index contributed by atoms with van der Waals surface area (Å²) in [6, 6.07) is 5.94. The van der Waals surface area contributed by atoms with Gasteiger partial charge in [-0.25, -0.2) is 9.78 Å². The molecule has 3 aromatic rings. The Morgan fingerprint density at radius 2 is 1.66 bits per heavy atom. The van der Waals surface area contributed by atoms with Gasteiger partial charge in [-0.05, 0) is 74.1 Å². The highest BCUT2D eigenvalue weighted by molar-refractivity contribution is 6.02. The third-order valence-electron chi connectivity index (χ3n) is 8.72. The molecule has 8 heteroatoms. The van der Waals surface area contributed by atoms with Crippen molar-refractivity contribution in [3.05, 3.63) is 81.4 Å². The Hall–Kier alpha value is -4.46. The van der Waals surface area contributed by atoms with Crippen LogP contribution in [0.1, 0.15) is 101 Å². The number of aryl methyl sites for hydroxylation is 3. The molecular weight excluding hydrogens is 516 g/mol. The van der Waals surface area contributed by atoms with Crippen molar-refractivity contribution in [3.8, 4) is 0 Å². The van der Waals surface area contributed by atoms with E-state index in [2.05, 4.69) is 37.3 Å². The summed E-state index contributed by atoms with van der Waals surface area (Å²) in [7, 11) is 0. The van der Waals surface area contributed by atoms with E-state index < -0.39 is 11.9 Å². The second kappa shape index (κ2) is 10.5. The molecule has 3 aromatic heterocycles. The summed E-state index contributed by atoms with van der Waals surface area (Å²) >= 11 is 0. The topological polar surface area (TPSA) is 132 Å². The van der Waals surface area contributed by atoms with Crippen LogP contribution in [-0.4, -0.2) is 42.1 Å². The van der Waals surface area contributed by atoms with Crippen LogP contribution in [0.15, 0.2) is 30.9 Å². The van der Waals surface area contributed by atoms with Gasteiger partial charge in [-0.15, -0.1) is 0 Å². The molecule has 0 radical (unpaired) electrons. The zero-order valence-electron chi connectivity index (χ0n) is 24.4. The van der Waals surface area contributed by atoms with Crippen LogP contribution in [0.3, 0.4) is 0 Å². The van der Waals surface area contributed by atoms with Crippen LogP contribution in [0.2, 0.25) is 0 Å². The van der Waals surface area contributed by atoms with Crippen LogP contribution in [-0.2, 0) is 17.6 Å². The number of carboxylic acid groups (broad SMARTS) is 2. The summed E-state index contributed by atoms with van der Waals surface area (Å²) in [5, 5.41) is 20.3. The van der Waals surface area contributed by atoms with E-state index in [1.165, 1.54) is 0 Å². The Kier molecular flexibility index (Phi) is 7.19. The Balaban J connectivity index is 2.08. The number of aromatic carboxylic acids is 1. The van der Waals surface area contributed by atoms with Gasteiger partial charge in [-0.1, -0.05) is 33.4 Å². The van der Waals surface area contributed by atoms with E-state index in [1.54, 1.807) is 6.92 Å². The molecule has 8 nitrogen and oxygen atoms in total. The first kappa shape index (κ1) is 28.1. The number of H-pyrrole nitrogens is 2. The zero-order chi connectivity index (χ0) is 29.7. The van der Waals surface area contributed by atoms with Gasteiger partial charge in [-0.2, -0.15) is 0 Å². The van der Waals surface area contributed by atoms with E-state index in [1.807, 2.05) is 38.1 Å². The van der Waals surface area contributed by atoms with Crippen LogP contribution < -0.4 is 0 Å². The first-order valence-corrected chi connectivity index (χ1v) is 14.1. The van der Waals surface area contributed by atoms with Gasteiger partial charge in [0.25, 0.3) is 0 Å². The van der Waals surface area contributed by atoms with Gasteiger partial charge in [0.1, 0.15) is 0 Å². The second-order valence-electron chi connectivity index (χ2n) is 11.0.